The van der Waals surface area contributed by atoms with Gasteiger partial charge >= 0.3 is 0 Å². The highest BCUT2D eigenvalue weighted by molar-refractivity contribution is 14.0. The van der Waals surface area contributed by atoms with Crippen LogP contribution in [0.5, 0.6) is 0 Å². The summed E-state index contributed by atoms with van der Waals surface area (Å²) in [5.74, 6) is 0.969. The summed E-state index contributed by atoms with van der Waals surface area (Å²) in [5.41, 5.74) is 2.52. The van der Waals surface area contributed by atoms with Crippen molar-refractivity contribution >= 4 is 29.9 Å². The Labute approximate surface area is 202 Å². The summed E-state index contributed by atoms with van der Waals surface area (Å²) in [4.78, 5) is 7.46. The van der Waals surface area contributed by atoms with Crippen molar-refractivity contribution in [2.75, 3.05) is 46.0 Å². The maximum Gasteiger partial charge on any atom is 0.194 e. The third-order valence-corrected chi connectivity index (χ3v) is 6.17. The predicted octanol–water partition coefficient (Wildman–Crippen LogP) is 3.13. The maximum absolute atomic E-state index is 6.03. The van der Waals surface area contributed by atoms with Gasteiger partial charge in [0.05, 0.1) is 25.9 Å². The van der Waals surface area contributed by atoms with Gasteiger partial charge in [0, 0.05) is 50.5 Å². The van der Waals surface area contributed by atoms with Crippen LogP contribution in [0.3, 0.4) is 0 Å². The van der Waals surface area contributed by atoms with Crippen molar-refractivity contribution in [2.45, 2.75) is 31.3 Å². The predicted molar refractivity (Wildman–Crippen MR) is 133 cm³/mol. The lowest BCUT2D eigenvalue weighted by Gasteiger charge is -2.38. The molecule has 2 aliphatic rings. The molecule has 1 N–H and O–H groups in total. The van der Waals surface area contributed by atoms with Gasteiger partial charge in [-0.25, -0.2) is 0 Å². The zero-order chi connectivity index (χ0) is 20.8. The van der Waals surface area contributed by atoms with Gasteiger partial charge in [0.15, 0.2) is 5.96 Å². The molecule has 2 aromatic rings. The molecule has 4 rings (SSSR count). The zero-order valence-electron chi connectivity index (χ0n) is 18.5. The molecule has 1 unspecified atom stereocenters. The zero-order valence-corrected chi connectivity index (χ0v) is 20.8. The normalized spacial score (nSPS) is 21.4. The van der Waals surface area contributed by atoms with Gasteiger partial charge in [0.2, 0.25) is 0 Å². The van der Waals surface area contributed by atoms with Gasteiger partial charge in [-0.1, -0.05) is 30.3 Å². The van der Waals surface area contributed by atoms with Crippen molar-refractivity contribution in [3.63, 3.8) is 0 Å². The third kappa shape index (κ3) is 5.78. The first-order valence-corrected chi connectivity index (χ1v) is 11.0. The van der Waals surface area contributed by atoms with Gasteiger partial charge < -0.3 is 19.7 Å². The van der Waals surface area contributed by atoms with Crippen molar-refractivity contribution in [2.24, 2.45) is 12.0 Å². The van der Waals surface area contributed by atoms with Crippen molar-refractivity contribution in [1.82, 2.24) is 20.0 Å². The summed E-state index contributed by atoms with van der Waals surface area (Å²) in [5, 5.41) is 7.80. The largest absolute Gasteiger partial charge is 0.381 e. The van der Waals surface area contributed by atoms with Gasteiger partial charge in [-0.3, -0.25) is 9.67 Å². The summed E-state index contributed by atoms with van der Waals surface area (Å²) in [6.07, 6.45) is 5.94. The fraction of sp³-hybridized carbons (Fsp3) is 0.565. The monoisotopic (exact) mass is 539 g/mol. The van der Waals surface area contributed by atoms with Crippen molar-refractivity contribution in [1.29, 1.82) is 0 Å². The average Bonchev–Trinajstić information content (AvgIpc) is 3.24. The lowest BCUT2D eigenvalue weighted by Crippen LogP contribution is -2.49. The minimum Gasteiger partial charge on any atom is -0.381 e. The Kier molecular flexibility index (Phi) is 8.74. The molecular weight excluding hydrogens is 505 g/mol. The molecule has 0 aliphatic carbocycles. The maximum atomic E-state index is 6.03. The van der Waals surface area contributed by atoms with Crippen LogP contribution < -0.4 is 5.32 Å². The Balaban J connectivity index is 0.00000272. The number of hydrogen-bond acceptors (Lipinski definition) is 4. The highest BCUT2D eigenvalue weighted by Gasteiger charge is 2.35. The first-order valence-electron chi connectivity index (χ1n) is 11.0. The number of aryl methyl sites for hydroxylation is 1. The van der Waals surface area contributed by atoms with E-state index >= 15 is 0 Å². The fourth-order valence-corrected chi connectivity index (χ4v) is 4.39. The SMILES string of the molecule is CCNC(=NCC1(c2ccccc2)CCOCC1)N1CCOC(c2cnn(C)c2)C1.I. The molecule has 1 aromatic carbocycles. The highest BCUT2D eigenvalue weighted by Crippen LogP contribution is 2.35. The van der Waals surface area contributed by atoms with E-state index in [4.69, 9.17) is 14.5 Å². The number of morpholine rings is 1. The third-order valence-electron chi connectivity index (χ3n) is 6.17. The van der Waals surface area contributed by atoms with E-state index in [2.05, 4.69) is 52.6 Å². The number of ether oxygens (including phenoxy) is 2. The molecule has 7 nitrogen and oxygen atoms in total. The number of aromatic nitrogens is 2. The van der Waals surface area contributed by atoms with E-state index in [1.807, 2.05) is 24.1 Å². The van der Waals surface area contributed by atoms with Crippen LogP contribution in [0, 0.1) is 0 Å². The van der Waals surface area contributed by atoms with E-state index in [9.17, 15) is 0 Å². The Morgan fingerprint density at radius 1 is 1.23 bits per heavy atom. The van der Waals surface area contributed by atoms with Crippen LogP contribution in [0.15, 0.2) is 47.7 Å². The molecule has 0 spiro atoms. The van der Waals surface area contributed by atoms with Gasteiger partial charge in [-0.15, -0.1) is 24.0 Å². The first kappa shape index (κ1) is 24.0. The van der Waals surface area contributed by atoms with E-state index in [1.54, 1.807) is 0 Å². The van der Waals surface area contributed by atoms with Crippen LogP contribution in [0.1, 0.15) is 37.0 Å². The molecule has 31 heavy (non-hydrogen) atoms. The minimum atomic E-state index is 0. The quantitative estimate of drug-likeness (QED) is 0.360. The van der Waals surface area contributed by atoms with Gasteiger partial charge in [-0.2, -0.15) is 5.10 Å². The highest BCUT2D eigenvalue weighted by atomic mass is 127. The van der Waals surface area contributed by atoms with Crippen molar-refractivity contribution in [3.05, 3.63) is 53.9 Å². The molecule has 3 heterocycles. The lowest BCUT2D eigenvalue weighted by atomic mass is 9.74. The van der Waals surface area contributed by atoms with Crippen LogP contribution >= 0.6 is 24.0 Å². The second kappa shape index (κ2) is 11.3. The number of aliphatic imine (C=N–C) groups is 1. The molecule has 1 aromatic heterocycles. The van der Waals surface area contributed by atoms with Gasteiger partial charge in [-0.05, 0) is 25.3 Å². The summed E-state index contributed by atoms with van der Waals surface area (Å²) >= 11 is 0. The Hall–Kier alpha value is -1.65. The van der Waals surface area contributed by atoms with E-state index in [0.29, 0.717) is 6.61 Å². The van der Waals surface area contributed by atoms with Crippen LogP contribution in [-0.2, 0) is 21.9 Å². The molecule has 0 bridgehead atoms. The molecule has 8 heteroatoms. The minimum absolute atomic E-state index is 0. The summed E-state index contributed by atoms with van der Waals surface area (Å²) in [6.45, 7) is 7.61. The number of nitrogens with zero attached hydrogens (tertiary/aromatic N) is 4. The van der Waals surface area contributed by atoms with Crippen molar-refractivity contribution < 1.29 is 9.47 Å². The molecule has 0 amide bonds. The molecule has 2 saturated heterocycles. The van der Waals surface area contributed by atoms with Crippen LogP contribution in [0.4, 0.5) is 0 Å². The van der Waals surface area contributed by atoms with Crippen LogP contribution in [-0.4, -0.2) is 66.6 Å². The second-order valence-corrected chi connectivity index (χ2v) is 8.18. The van der Waals surface area contributed by atoms with E-state index in [0.717, 1.165) is 63.8 Å². The smallest absolute Gasteiger partial charge is 0.194 e. The molecule has 1 atom stereocenters. The Bertz CT molecular complexity index is 836. The first-order chi connectivity index (χ1) is 14.7. The van der Waals surface area contributed by atoms with Gasteiger partial charge in [0.1, 0.15) is 6.10 Å². The second-order valence-electron chi connectivity index (χ2n) is 8.18. The van der Waals surface area contributed by atoms with E-state index < -0.39 is 0 Å². The summed E-state index contributed by atoms with van der Waals surface area (Å²) in [6, 6.07) is 10.8. The molecule has 170 valence electrons. The topological polar surface area (TPSA) is 63.9 Å². The molecular formula is C23H34IN5O2. The number of guanidine groups is 1. The van der Waals surface area contributed by atoms with Crippen molar-refractivity contribution in [3.8, 4) is 0 Å². The molecule has 0 radical (unpaired) electrons. The van der Waals surface area contributed by atoms with Gasteiger partial charge in [0.25, 0.3) is 0 Å². The van der Waals surface area contributed by atoms with Crippen LogP contribution in [0.25, 0.3) is 0 Å². The number of hydrogen-bond donors (Lipinski definition) is 1. The van der Waals surface area contributed by atoms with Crippen LogP contribution in [0.2, 0.25) is 0 Å². The standard InChI is InChI=1S/C23H33N5O2.HI/c1-3-24-22(28-11-14-30-21(17-28)19-15-26-27(2)16-19)25-18-23(9-12-29-13-10-23)20-7-5-4-6-8-20;/h4-8,15-16,21H,3,9-14,17-18H2,1-2H3,(H,24,25);1H. The molecule has 2 fully saturated rings. The van der Waals surface area contributed by atoms with E-state index in [-0.39, 0.29) is 35.5 Å². The number of rotatable bonds is 5. The number of nitrogens with one attached hydrogen (secondary N) is 1. The fourth-order valence-electron chi connectivity index (χ4n) is 4.39. The molecule has 2 aliphatic heterocycles. The summed E-state index contributed by atoms with van der Waals surface area (Å²) < 4.78 is 13.5. The average molecular weight is 539 g/mol. The number of benzene rings is 1. The number of halogens is 1. The Morgan fingerprint density at radius 2 is 2.00 bits per heavy atom. The Morgan fingerprint density at radius 3 is 2.68 bits per heavy atom. The lowest BCUT2D eigenvalue weighted by molar-refractivity contribution is -0.00816. The molecule has 0 saturated carbocycles. The summed E-state index contributed by atoms with van der Waals surface area (Å²) in [7, 11) is 1.94. The van der Waals surface area contributed by atoms with E-state index in [1.165, 1.54) is 5.56 Å².